The van der Waals surface area contributed by atoms with Crippen LogP contribution in [-0.4, -0.2) is 10.2 Å². The number of rotatable bonds is 2. The molecule has 0 aliphatic heterocycles. The first-order valence-electron chi connectivity index (χ1n) is 9.85. The second kappa shape index (κ2) is 6.58. The molecule has 6 N–H and O–H groups in total. The minimum atomic E-state index is -0.775. The third kappa shape index (κ3) is 2.50. The average molecular weight is 404 g/mol. The molecule has 0 heterocycles. The van der Waals surface area contributed by atoms with Gasteiger partial charge in [0.2, 0.25) is 0 Å². The summed E-state index contributed by atoms with van der Waals surface area (Å²) in [5.41, 5.74) is 18.7. The van der Waals surface area contributed by atoms with Crippen LogP contribution in [0.3, 0.4) is 0 Å². The van der Waals surface area contributed by atoms with E-state index < -0.39 is 5.41 Å². The van der Waals surface area contributed by atoms with Crippen LogP contribution in [0.5, 0.6) is 11.5 Å². The van der Waals surface area contributed by atoms with Crippen LogP contribution in [0.25, 0.3) is 11.1 Å². The van der Waals surface area contributed by atoms with Crippen molar-refractivity contribution >= 4 is 11.4 Å². The largest absolute Gasteiger partial charge is 0.506 e. The lowest BCUT2D eigenvalue weighted by Gasteiger charge is -2.34. The van der Waals surface area contributed by atoms with Gasteiger partial charge in [0.1, 0.15) is 11.5 Å². The highest BCUT2D eigenvalue weighted by Gasteiger charge is 2.46. The number of aromatic hydroxyl groups is 2. The Hall–Kier alpha value is -4.36. The van der Waals surface area contributed by atoms with Gasteiger partial charge in [0, 0.05) is 5.56 Å². The molecule has 0 unspecified atom stereocenters. The lowest BCUT2D eigenvalue weighted by atomic mass is 9.67. The summed E-state index contributed by atoms with van der Waals surface area (Å²) >= 11 is 0. The van der Waals surface area contributed by atoms with Crippen molar-refractivity contribution in [1.29, 1.82) is 0 Å². The summed E-state index contributed by atoms with van der Waals surface area (Å²) in [5.74, 6) is 2.78. The Bertz CT molecular complexity index is 1350. The highest BCUT2D eigenvalue weighted by molar-refractivity contribution is 5.87. The van der Waals surface area contributed by atoms with Gasteiger partial charge in [0.05, 0.1) is 16.8 Å². The molecule has 0 spiro atoms. The van der Waals surface area contributed by atoms with E-state index >= 15 is 0 Å². The van der Waals surface area contributed by atoms with Crippen LogP contribution in [0.4, 0.5) is 11.4 Å². The van der Waals surface area contributed by atoms with Gasteiger partial charge in [0.15, 0.2) is 0 Å². The van der Waals surface area contributed by atoms with Crippen LogP contribution in [-0.2, 0) is 5.41 Å². The third-order valence-electron chi connectivity index (χ3n) is 6.13. The van der Waals surface area contributed by atoms with Crippen molar-refractivity contribution in [3.05, 3.63) is 107 Å². The highest BCUT2D eigenvalue weighted by Crippen LogP contribution is 2.57. The lowest BCUT2D eigenvalue weighted by Crippen LogP contribution is -2.29. The number of nitrogen functional groups attached to an aromatic ring is 2. The molecule has 0 saturated carbocycles. The summed E-state index contributed by atoms with van der Waals surface area (Å²) in [7, 11) is 0. The summed E-state index contributed by atoms with van der Waals surface area (Å²) < 4.78 is 0. The molecule has 1 aliphatic carbocycles. The van der Waals surface area contributed by atoms with E-state index in [2.05, 4.69) is 18.1 Å². The monoisotopic (exact) mass is 404 g/mol. The molecule has 4 heteroatoms. The van der Waals surface area contributed by atoms with Gasteiger partial charge < -0.3 is 21.7 Å². The predicted molar refractivity (Wildman–Crippen MR) is 124 cm³/mol. The Kier molecular flexibility index (Phi) is 3.96. The Morgan fingerprint density at radius 1 is 0.677 bits per heavy atom. The van der Waals surface area contributed by atoms with Gasteiger partial charge in [0.25, 0.3) is 0 Å². The number of nitrogens with two attached hydrogens (primary N) is 2. The van der Waals surface area contributed by atoms with Crippen LogP contribution in [0.2, 0.25) is 0 Å². The molecule has 4 aromatic carbocycles. The molecule has 0 atom stereocenters. The molecule has 4 nitrogen and oxygen atoms in total. The minimum absolute atomic E-state index is 0.0213. The quantitative estimate of drug-likeness (QED) is 0.196. The lowest BCUT2D eigenvalue weighted by molar-refractivity contribution is 0.477. The van der Waals surface area contributed by atoms with E-state index in [0.29, 0.717) is 0 Å². The Balaban J connectivity index is 1.99. The first-order valence-corrected chi connectivity index (χ1v) is 9.85. The summed E-state index contributed by atoms with van der Waals surface area (Å²) in [6, 6.07) is 24.6. The minimum Gasteiger partial charge on any atom is -0.506 e. The fourth-order valence-electron chi connectivity index (χ4n) is 4.73. The van der Waals surface area contributed by atoms with Gasteiger partial charge in [-0.1, -0.05) is 48.4 Å². The molecule has 0 bridgehead atoms. The van der Waals surface area contributed by atoms with Crippen LogP contribution in [0.15, 0.2) is 78.9 Å². The number of phenolic OH excluding ortho intramolecular Hbond substituents is 2. The van der Waals surface area contributed by atoms with Crippen molar-refractivity contribution in [2.75, 3.05) is 11.5 Å². The number of fused-ring (bicyclic) bond motifs is 3. The summed E-state index contributed by atoms with van der Waals surface area (Å²) in [4.78, 5) is 0. The first-order chi connectivity index (χ1) is 15.0. The van der Waals surface area contributed by atoms with E-state index in [0.717, 1.165) is 38.9 Å². The zero-order valence-corrected chi connectivity index (χ0v) is 16.6. The molecule has 0 amide bonds. The maximum absolute atomic E-state index is 10.1. The number of hydrogen-bond acceptors (Lipinski definition) is 4. The molecule has 4 aromatic rings. The topological polar surface area (TPSA) is 92.5 Å². The van der Waals surface area contributed by atoms with E-state index in [4.69, 9.17) is 17.9 Å². The second-order valence-corrected chi connectivity index (χ2v) is 7.75. The molecule has 0 radical (unpaired) electrons. The molecule has 150 valence electrons. The summed E-state index contributed by atoms with van der Waals surface area (Å²) in [6.07, 6.45) is 5.75. The fraction of sp³-hybridized carbons (Fsp3) is 0.0370. The molecule has 5 rings (SSSR count). The van der Waals surface area contributed by atoms with Crippen LogP contribution >= 0.6 is 0 Å². The van der Waals surface area contributed by atoms with Gasteiger partial charge in [-0.25, -0.2) is 0 Å². The van der Waals surface area contributed by atoms with Crippen LogP contribution < -0.4 is 11.5 Å². The normalized spacial score (nSPS) is 13.3. The number of terminal acetylenes is 1. The van der Waals surface area contributed by atoms with Crippen molar-refractivity contribution in [1.82, 2.24) is 0 Å². The fourth-order valence-corrected chi connectivity index (χ4v) is 4.73. The van der Waals surface area contributed by atoms with Crippen LogP contribution in [0.1, 0.15) is 27.8 Å². The van der Waals surface area contributed by atoms with Gasteiger partial charge in [-0.15, -0.1) is 6.42 Å². The number of benzene rings is 4. The SMILES string of the molecule is C#Cc1ccc2c(c1)C(c1ccc(O)c(N)c1)(c1ccc(O)c(N)c1)c1ccccc1-2. The van der Waals surface area contributed by atoms with E-state index in [1.54, 1.807) is 24.3 Å². The zero-order valence-electron chi connectivity index (χ0n) is 16.6. The molecule has 0 fully saturated rings. The number of anilines is 2. The molecule has 0 saturated heterocycles. The highest BCUT2D eigenvalue weighted by atomic mass is 16.3. The Labute approximate surface area is 180 Å². The van der Waals surface area contributed by atoms with Crippen molar-refractivity contribution in [2.24, 2.45) is 0 Å². The molecular weight excluding hydrogens is 384 g/mol. The predicted octanol–water partition coefficient (Wildman–Crippen LogP) is 4.61. The smallest absolute Gasteiger partial charge is 0.138 e. The number of phenols is 2. The maximum Gasteiger partial charge on any atom is 0.138 e. The van der Waals surface area contributed by atoms with E-state index in [1.165, 1.54) is 0 Å². The first kappa shape index (κ1) is 18.7. The molecule has 1 aliphatic rings. The van der Waals surface area contributed by atoms with Gasteiger partial charge in [-0.2, -0.15) is 0 Å². The standard InChI is InChI=1S/C27H20N2O2/c1-2-16-7-10-20-19-5-3-4-6-21(19)27(22(20)13-16,17-8-11-25(30)23(28)14-17)18-9-12-26(31)24(29)15-18/h1,3-15,30-31H,28-29H2. The zero-order chi connectivity index (χ0) is 21.8. The van der Waals surface area contributed by atoms with Crippen molar-refractivity contribution in [3.63, 3.8) is 0 Å². The molecule has 31 heavy (non-hydrogen) atoms. The van der Waals surface area contributed by atoms with Crippen molar-refractivity contribution in [2.45, 2.75) is 5.41 Å². The number of hydrogen-bond donors (Lipinski definition) is 4. The van der Waals surface area contributed by atoms with E-state index in [1.807, 2.05) is 42.5 Å². The van der Waals surface area contributed by atoms with Gasteiger partial charge in [-0.3, -0.25) is 0 Å². The second-order valence-electron chi connectivity index (χ2n) is 7.75. The van der Waals surface area contributed by atoms with E-state index in [-0.39, 0.29) is 22.9 Å². The van der Waals surface area contributed by atoms with Crippen molar-refractivity contribution < 1.29 is 10.2 Å². The molecule has 0 aromatic heterocycles. The van der Waals surface area contributed by atoms with Gasteiger partial charge in [-0.05, 0) is 69.8 Å². The summed E-state index contributed by atoms with van der Waals surface area (Å²) in [5, 5.41) is 20.2. The maximum atomic E-state index is 10.1. The third-order valence-corrected chi connectivity index (χ3v) is 6.13. The molecular formula is C27H20N2O2. The average Bonchev–Trinajstić information content (AvgIpc) is 3.08. The van der Waals surface area contributed by atoms with Gasteiger partial charge >= 0.3 is 0 Å². The summed E-state index contributed by atoms with van der Waals surface area (Å²) in [6.45, 7) is 0. The Morgan fingerprint density at radius 2 is 1.26 bits per heavy atom. The van der Waals surface area contributed by atoms with E-state index in [9.17, 15) is 10.2 Å². The Morgan fingerprint density at radius 3 is 1.84 bits per heavy atom. The van der Waals surface area contributed by atoms with Crippen molar-refractivity contribution in [3.8, 4) is 35.0 Å². The van der Waals surface area contributed by atoms with Crippen LogP contribution in [0, 0.1) is 12.3 Å².